The maximum atomic E-state index is 2.36. The van der Waals surface area contributed by atoms with Crippen LogP contribution in [-0.2, 0) is 14.1 Å². The Hall–Kier alpha value is -3.00. The summed E-state index contributed by atoms with van der Waals surface area (Å²) < 4.78 is 4.57. The lowest BCUT2D eigenvalue weighted by atomic mass is 9.93. The van der Waals surface area contributed by atoms with Crippen LogP contribution in [-0.4, -0.2) is 9.13 Å². The second-order valence-corrected chi connectivity index (χ2v) is 7.34. The number of aromatic nitrogens is 2. The number of benzene rings is 3. The summed E-state index contributed by atoms with van der Waals surface area (Å²) in [6.07, 6.45) is 2.27. The van der Waals surface area contributed by atoms with Gasteiger partial charge in [0, 0.05) is 53.0 Å². The summed E-state index contributed by atoms with van der Waals surface area (Å²) in [5.41, 5.74) is 9.28. The van der Waals surface area contributed by atoms with E-state index in [2.05, 4.69) is 97.9 Å². The van der Waals surface area contributed by atoms with Crippen LogP contribution in [0.3, 0.4) is 0 Å². The van der Waals surface area contributed by atoms with Gasteiger partial charge in [-0.05, 0) is 48.7 Å². The van der Waals surface area contributed by atoms with Gasteiger partial charge < -0.3 is 9.13 Å². The van der Waals surface area contributed by atoms with Gasteiger partial charge >= 0.3 is 0 Å². The molecule has 2 nitrogen and oxygen atoms in total. The van der Waals surface area contributed by atoms with E-state index in [0.29, 0.717) is 0 Å². The highest BCUT2D eigenvalue weighted by Crippen LogP contribution is 2.40. The van der Waals surface area contributed by atoms with E-state index in [9.17, 15) is 0 Å². The summed E-state index contributed by atoms with van der Waals surface area (Å²) in [4.78, 5) is 0. The molecular formula is C24H22N2. The van der Waals surface area contributed by atoms with E-state index >= 15 is 0 Å². The third-order valence-electron chi connectivity index (χ3n) is 5.80. The molecule has 0 aliphatic rings. The van der Waals surface area contributed by atoms with Gasteiger partial charge in [0.05, 0.1) is 5.52 Å². The van der Waals surface area contributed by atoms with Crippen LogP contribution >= 0.6 is 0 Å². The maximum absolute atomic E-state index is 2.36. The molecule has 128 valence electrons. The number of hydrogen-bond acceptors (Lipinski definition) is 0. The fourth-order valence-corrected chi connectivity index (χ4v) is 4.68. The van der Waals surface area contributed by atoms with Gasteiger partial charge in [-0.25, -0.2) is 0 Å². The topological polar surface area (TPSA) is 9.86 Å². The predicted octanol–water partition coefficient (Wildman–Crippen LogP) is 6.11. The molecule has 2 heterocycles. The fourth-order valence-electron chi connectivity index (χ4n) is 4.68. The lowest BCUT2D eigenvalue weighted by Crippen LogP contribution is -1.94. The summed E-state index contributed by atoms with van der Waals surface area (Å²) >= 11 is 0. The number of fused-ring (bicyclic) bond motifs is 4. The highest BCUT2D eigenvalue weighted by Gasteiger charge is 2.18. The molecule has 0 aliphatic heterocycles. The predicted molar refractivity (Wildman–Crippen MR) is 112 cm³/mol. The van der Waals surface area contributed by atoms with Crippen LogP contribution in [0.4, 0.5) is 0 Å². The fraction of sp³-hybridized carbons (Fsp3) is 0.167. The molecule has 0 spiro atoms. The van der Waals surface area contributed by atoms with Crippen LogP contribution < -0.4 is 0 Å². The van der Waals surface area contributed by atoms with Crippen molar-refractivity contribution in [3.63, 3.8) is 0 Å². The minimum Gasteiger partial charge on any atom is -0.350 e. The molecule has 0 amide bonds. The van der Waals surface area contributed by atoms with Crippen molar-refractivity contribution in [2.75, 3.05) is 0 Å². The van der Waals surface area contributed by atoms with Crippen molar-refractivity contribution in [1.82, 2.24) is 9.13 Å². The molecule has 0 N–H and O–H groups in total. The Bertz CT molecular complexity index is 1320. The molecule has 0 fully saturated rings. The van der Waals surface area contributed by atoms with Gasteiger partial charge in [0.2, 0.25) is 0 Å². The van der Waals surface area contributed by atoms with Gasteiger partial charge in [-0.3, -0.25) is 0 Å². The van der Waals surface area contributed by atoms with Gasteiger partial charge in [-0.15, -0.1) is 0 Å². The quantitative estimate of drug-likeness (QED) is 0.349. The molecule has 0 saturated heterocycles. The Morgan fingerprint density at radius 3 is 2.15 bits per heavy atom. The Kier molecular flexibility index (Phi) is 3.08. The van der Waals surface area contributed by atoms with Gasteiger partial charge in [-0.1, -0.05) is 36.4 Å². The first-order valence-electron chi connectivity index (χ1n) is 9.09. The third-order valence-corrected chi connectivity index (χ3v) is 5.80. The first-order chi connectivity index (χ1) is 12.6. The largest absolute Gasteiger partial charge is 0.350 e. The van der Waals surface area contributed by atoms with Crippen molar-refractivity contribution >= 4 is 32.7 Å². The molecule has 3 aromatic carbocycles. The smallest absolute Gasteiger partial charge is 0.0524 e. The van der Waals surface area contributed by atoms with E-state index in [1.54, 1.807) is 0 Å². The number of hydrogen-bond donors (Lipinski definition) is 0. The molecule has 2 heteroatoms. The minimum absolute atomic E-state index is 1.28. The van der Waals surface area contributed by atoms with Crippen molar-refractivity contribution in [1.29, 1.82) is 0 Å². The van der Waals surface area contributed by atoms with Gasteiger partial charge in [0.25, 0.3) is 0 Å². The average molecular weight is 338 g/mol. The highest BCUT2D eigenvalue weighted by molar-refractivity contribution is 6.12. The monoisotopic (exact) mass is 338 g/mol. The lowest BCUT2D eigenvalue weighted by Gasteiger charge is -2.12. The zero-order chi connectivity index (χ0) is 18.0. The first kappa shape index (κ1) is 15.3. The van der Waals surface area contributed by atoms with Crippen LogP contribution in [0, 0.1) is 13.8 Å². The van der Waals surface area contributed by atoms with Crippen molar-refractivity contribution in [2.24, 2.45) is 14.1 Å². The molecule has 0 aliphatic carbocycles. The number of aryl methyl sites for hydroxylation is 4. The van der Waals surface area contributed by atoms with Crippen LogP contribution in [0.2, 0.25) is 0 Å². The van der Waals surface area contributed by atoms with E-state index < -0.39 is 0 Å². The molecular weight excluding hydrogens is 316 g/mol. The second kappa shape index (κ2) is 5.25. The molecule has 0 unspecified atom stereocenters. The zero-order valence-electron chi connectivity index (χ0n) is 15.7. The Morgan fingerprint density at radius 2 is 1.38 bits per heavy atom. The average Bonchev–Trinajstić information content (AvgIpc) is 3.12. The molecule has 26 heavy (non-hydrogen) atoms. The van der Waals surface area contributed by atoms with Gasteiger partial charge in [0.15, 0.2) is 0 Å². The van der Waals surface area contributed by atoms with Crippen LogP contribution in [0.25, 0.3) is 43.8 Å². The molecule has 5 aromatic rings. The number of rotatable bonds is 1. The minimum atomic E-state index is 1.28. The van der Waals surface area contributed by atoms with Crippen molar-refractivity contribution in [3.8, 4) is 11.1 Å². The van der Waals surface area contributed by atoms with E-state index in [-0.39, 0.29) is 0 Å². The van der Waals surface area contributed by atoms with Crippen molar-refractivity contribution in [3.05, 3.63) is 71.9 Å². The van der Waals surface area contributed by atoms with Crippen LogP contribution in [0.1, 0.15) is 11.1 Å². The summed E-state index contributed by atoms with van der Waals surface area (Å²) in [7, 11) is 4.31. The Labute approximate surface area is 153 Å². The summed E-state index contributed by atoms with van der Waals surface area (Å²) in [5.74, 6) is 0. The molecule has 0 radical (unpaired) electrons. The lowest BCUT2D eigenvalue weighted by molar-refractivity contribution is 0.969. The first-order valence-corrected chi connectivity index (χ1v) is 9.09. The summed E-state index contributed by atoms with van der Waals surface area (Å²) in [6, 6.07) is 19.7. The van der Waals surface area contributed by atoms with E-state index in [1.165, 1.54) is 55.0 Å². The Balaban J connectivity index is 1.95. The number of para-hydroxylation sites is 2. The van der Waals surface area contributed by atoms with Crippen LogP contribution in [0.15, 0.2) is 60.8 Å². The van der Waals surface area contributed by atoms with E-state index in [1.807, 2.05) is 0 Å². The SMILES string of the molecule is Cc1cc2c3ccccc3n(C)c2c(C)c1-c1cn(C)c2ccccc12. The zero-order valence-corrected chi connectivity index (χ0v) is 15.7. The van der Waals surface area contributed by atoms with Gasteiger partial charge in [0.1, 0.15) is 0 Å². The summed E-state index contributed by atoms with van der Waals surface area (Å²) in [6.45, 7) is 4.51. The normalized spacial score (nSPS) is 11.8. The highest BCUT2D eigenvalue weighted by atomic mass is 14.9. The van der Waals surface area contributed by atoms with Crippen LogP contribution in [0.5, 0.6) is 0 Å². The van der Waals surface area contributed by atoms with E-state index in [4.69, 9.17) is 0 Å². The summed E-state index contributed by atoms with van der Waals surface area (Å²) in [5, 5.41) is 4.00. The molecule has 2 aromatic heterocycles. The van der Waals surface area contributed by atoms with E-state index in [0.717, 1.165) is 0 Å². The Morgan fingerprint density at radius 1 is 0.731 bits per heavy atom. The van der Waals surface area contributed by atoms with Crippen molar-refractivity contribution < 1.29 is 0 Å². The molecule has 5 rings (SSSR count). The third kappa shape index (κ3) is 1.87. The van der Waals surface area contributed by atoms with Gasteiger partial charge in [-0.2, -0.15) is 0 Å². The molecule has 0 saturated carbocycles. The molecule has 0 atom stereocenters. The maximum Gasteiger partial charge on any atom is 0.0524 e. The standard InChI is InChI=1S/C24H22N2/c1-15-13-19-17-9-6-8-12-22(17)26(4)24(19)16(2)23(15)20-14-25(3)21-11-7-5-10-18(20)21/h5-14H,1-4H3. The van der Waals surface area contributed by atoms with Crippen molar-refractivity contribution in [2.45, 2.75) is 13.8 Å². The molecule has 0 bridgehead atoms. The second-order valence-electron chi connectivity index (χ2n) is 7.34. The number of nitrogens with zero attached hydrogens (tertiary/aromatic N) is 2.